The van der Waals surface area contributed by atoms with Crippen LogP contribution in [0.4, 0.5) is 0 Å². The van der Waals surface area contributed by atoms with E-state index in [0.717, 1.165) is 39.1 Å². The summed E-state index contributed by atoms with van der Waals surface area (Å²) in [4.78, 5) is 0. The zero-order valence-electron chi connectivity index (χ0n) is 45.2. The molecule has 19 heteroatoms. The maximum absolute atomic E-state index is 8.87. The van der Waals surface area contributed by atoms with Gasteiger partial charge in [0.1, 0.15) is 0 Å². The van der Waals surface area contributed by atoms with E-state index in [2.05, 4.69) is 20.8 Å². The Labute approximate surface area is 425 Å². The molecule has 0 aliphatic heterocycles. The first-order valence-electron chi connectivity index (χ1n) is 26.6. The van der Waals surface area contributed by atoms with E-state index in [9.17, 15) is 0 Å². The molecule has 70 heavy (non-hydrogen) atoms. The first-order chi connectivity index (χ1) is 34.5. The third-order valence-electron chi connectivity index (χ3n) is 9.29. The largest absolute Gasteiger partial charge is 0.394 e. The molecule has 0 aliphatic carbocycles. The molecule has 424 valence electrons. The van der Waals surface area contributed by atoms with Gasteiger partial charge >= 0.3 is 0 Å². The van der Waals surface area contributed by atoms with E-state index >= 15 is 0 Å². The molecule has 0 aliphatic rings. The van der Waals surface area contributed by atoms with Crippen LogP contribution in [-0.2, 0) is 85.3 Å². The zero-order valence-corrected chi connectivity index (χ0v) is 45.2. The number of ether oxygens (including phenoxy) is 18. The summed E-state index contributed by atoms with van der Waals surface area (Å²) in [6.07, 6.45) is 9.78. The smallest absolute Gasteiger partial charge is 0.0781 e. The number of aliphatic hydroxyl groups is 1. The molecule has 1 N–H and O–H groups in total. The summed E-state index contributed by atoms with van der Waals surface area (Å²) in [6.45, 7) is 30.8. The number of unbranched alkanes of at least 4 members (excludes halogenated alkanes) is 5. The second-order valence-electron chi connectivity index (χ2n) is 16.1. The van der Waals surface area contributed by atoms with Gasteiger partial charge in [0.05, 0.1) is 223 Å². The van der Waals surface area contributed by atoms with Crippen molar-refractivity contribution in [2.45, 2.75) is 111 Å². The summed E-state index contributed by atoms with van der Waals surface area (Å²) in [5, 5.41) is 8.87. The lowest BCUT2D eigenvalue weighted by molar-refractivity contribution is -0.0746. The van der Waals surface area contributed by atoms with Crippen LogP contribution in [0, 0.1) is 0 Å². The van der Waals surface area contributed by atoms with Crippen molar-refractivity contribution in [3.63, 3.8) is 0 Å². The van der Waals surface area contributed by atoms with Crippen molar-refractivity contribution >= 4 is 0 Å². The lowest BCUT2D eigenvalue weighted by Crippen LogP contribution is -2.26. The van der Waals surface area contributed by atoms with Gasteiger partial charge in [-0.3, -0.25) is 0 Å². The van der Waals surface area contributed by atoms with E-state index in [1.165, 1.54) is 32.1 Å². The summed E-state index contributed by atoms with van der Waals surface area (Å²) >= 11 is 0. The third-order valence-corrected chi connectivity index (χ3v) is 9.29. The molecule has 0 rings (SSSR count). The Bertz CT molecular complexity index is 856. The summed E-state index contributed by atoms with van der Waals surface area (Å²) in [6, 6.07) is 0. The van der Waals surface area contributed by atoms with Gasteiger partial charge in [0.2, 0.25) is 0 Å². The van der Waals surface area contributed by atoms with Crippen LogP contribution in [0.15, 0.2) is 0 Å². The summed E-state index contributed by atoms with van der Waals surface area (Å²) < 4.78 is 98.5. The van der Waals surface area contributed by atoms with Crippen LogP contribution < -0.4 is 0 Å². The Morgan fingerprint density at radius 2 is 0.443 bits per heavy atom. The molecule has 0 saturated heterocycles. The molecular formula is C51H106O19. The highest BCUT2D eigenvalue weighted by Crippen LogP contribution is 2.06. The Morgan fingerprint density at radius 3 is 0.686 bits per heavy atom. The number of hydrogen-bond acceptors (Lipinski definition) is 19. The molecular weight excluding hydrogens is 917 g/mol. The minimum absolute atomic E-state index is 0.0269. The molecule has 0 aromatic carbocycles. The van der Waals surface area contributed by atoms with Gasteiger partial charge in [0.15, 0.2) is 0 Å². The Morgan fingerprint density at radius 1 is 0.229 bits per heavy atom. The van der Waals surface area contributed by atoms with Gasteiger partial charge in [0.25, 0.3) is 0 Å². The summed E-state index contributed by atoms with van der Waals surface area (Å²) in [7, 11) is 0. The second-order valence-corrected chi connectivity index (χ2v) is 16.1. The fraction of sp³-hybridized carbons (Fsp3) is 1.00. The highest BCUT2D eigenvalue weighted by molar-refractivity contribution is 4.55. The van der Waals surface area contributed by atoms with E-state index in [1.807, 2.05) is 20.8 Å². The second kappa shape index (κ2) is 66.3. The molecule has 0 spiro atoms. The normalized spacial score (nSPS) is 12.9. The molecule has 0 amide bonds. The maximum atomic E-state index is 8.87. The van der Waals surface area contributed by atoms with E-state index in [1.54, 1.807) is 0 Å². The lowest BCUT2D eigenvalue weighted by atomic mass is 10.1. The summed E-state index contributed by atoms with van der Waals surface area (Å²) in [5.41, 5.74) is 0. The third kappa shape index (κ3) is 67.2. The van der Waals surface area contributed by atoms with Gasteiger partial charge in [-0.25, -0.2) is 0 Å². The van der Waals surface area contributed by atoms with Gasteiger partial charge in [-0.1, -0.05) is 52.9 Å². The van der Waals surface area contributed by atoms with Crippen LogP contribution in [-0.4, -0.2) is 248 Å². The first-order valence-corrected chi connectivity index (χ1v) is 26.6. The van der Waals surface area contributed by atoms with Crippen LogP contribution in [0.5, 0.6) is 0 Å². The number of hydrogen-bond donors (Lipinski definition) is 1. The highest BCUT2D eigenvalue weighted by atomic mass is 16.6. The van der Waals surface area contributed by atoms with Crippen molar-refractivity contribution in [2.75, 3.05) is 225 Å². The van der Waals surface area contributed by atoms with Crippen molar-refractivity contribution in [1.29, 1.82) is 0 Å². The van der Waals surface area contributed by atoms with Crippen molar-refractivity contribution in [3.8, 4) is 0 Å². The van der Waals surface area contributed by atoms with Crippen molar-refractivity contribution in [1.82, 2.24) is 0 Å². The van der Waals surface area contributed by atoms with Gasteiger partial charge < -0.3 is 90.4 Å². The van der Waals surface area contributed by atoms with Gasteiger partial charge in [0, 0.05) is 19.8 Å². The topological polar surface area (TPSA) is 186 Å². The SMILES string of the molecule is CCCCCCCCOC(C)COC(C)COC(C)CO.CCCOCCOCCOCCOCCOCCOCCOCCOCCOCCOCCOCCOCCOCCOCCOCCC. The lowest BCUT2D eigenvalue weighted by Gasteiger charge is -2.19. The van der Waals surface area contributed by atoms with E-state index in [4.69, 9.17) is 90.4 Å². The first kappa shape index (κ1) is 71.3. The van der Waals surface area contributed by atoms with E-state index < -0.39 is 0 Å². The Balaban J connectivity index is 0. The fourth-order valence-corrected chi connectivity index (χ4v) is 5.38. The highest BCUT2D eigenvalue weighted by Gasteiger charge is 2.09. The molecule has 0 aromatic rings. The predicted octanol–water partition coefficient (Wildman–Crippen LogP) is 5.61. The predicted molar refractivity (Wildman–Crippen MR) is 270 cm³/mol. The molecule has 3 atom stereocenters. The molecule has 0 aromatic heterocycles. The monoisotopic (exact) mass is 1020 g/mol. The van der Waals surface area contributed by atoms with Crippen molar-refractivity contribution in [2.24, 2.45) is 0 Å². The molecule has 0 saturated carbocycles. The van der Waals surface area contributed by atoms with Crippen LogP contribution in [0.1, 0.15) is 92.9 Å². The average molecular weight is 1020 g/mol. The van der Waals surface area contributed by atoms with Gasteiger partial charge in [-0.15, -0.1) is 0 Å². The zero-order chi connectivity index (χ0) is 51.2. The number of rotatable bonds is 61. The van der Waals surface area contributed by atoms with E-state index in [0.29, 0.717) is 198 Å². The van der Waals surface area contributed by atoms with Crippen molar-refractivity contribution < 1.29 is 90.4 Å². The van der Waals surface area contributed by atoms with Gasteiger partial charge in [-0.2, -0.15) is 0 Å². The average Bonchev–Trinajstić information content (AvgIpc) is 3.37. The minimum Gasteiger partial charge on any atom is -0.394 e. The molecule has 0 heterocycles. The number of aliphatic hydroxyl groups excluding tert-OH is 1. The standard InChI is InChI=1S/C34H70O15.C17H36O4/c1-3-5-35-7-9-37-11-13-39-15-17-41-19-21-43-23-25-45-27-29-47-31-33-49-34-32-48-30-28-46-26-24-44-22-20-42-18-16-40-14-12-38-10-8-36-6-4-2;1-5-6-7-8-9-10-11-19-16(3)13-21-17(4)14-20-15(2)12-18/h3-34H2,1-2H3;15-18H,5-14H2,1-4H3. The molecule has 3 unspecified atom stereocenters. The molecule has 0 fully saturated rings. The van der Waals surface area contributed by atoms with Crippen LogP contribution in [0.2, 0.25) is 0 Å². The van der Waals surface area contributed by atoms with Gasteiger partial charge in [-0.05, 0) is 40.0 Å². The Hall–Kier alpha value is -0.760. The summed E-state index contributed by atoms with van der Waals surface area (Å²) in [5.74, 6) is 0. The minimum atomic E-state index is -0.127. The fourth-order valence-electron chi connectivity index (χ4n) is 5.38. The van der Waals surface area contributed by atoms with Crippen LogP contribution in [0.3, 0.4) is 0 Å². The van der Waals surface area contributed by atoms with E-state index in [-0.39, 0.29) is 24.9 Å². The molecule has 0 radical (unpaired) electrons. The van der Waals surface area contributed by atoms with Crippen LogP contribution >= 0.6 is 0 Å². The quantitative estimate of drug-likeness (QED) is 0.0741. The van der Waals surface area contributed by atoms with Crippen molar-refractivity contribution in [3.05, 3.63) is 0 Å². The Kier molecular flexibility index (Phi) is 67.5. The van der Waals surface area contributed by atoms with Crippen LogP contribution in [0.25, 0.3) is 0 Å². The maximum Gasteiger partial charge on any atom is 0.0781 e. The molecule has 19 nitrogen and oxygen atoms in total. The molecule has 0 bridgehead atoms.